The molecule has 0 aliphatic carbocycles. The number of nitrogens with one attached hydrogen (secondary N) is 2. The van der Waals surface area contributed by atoms with Crippen LogP contribution in [0, 0.1) is 0 Å². The van der Waals surface area contributed by atoms with Gasteiger partial charge in [0.05, 0.1) is 6.20 Å². The summed E-state index contributed by atoms with van der Waals surface area (Å²) in [7, 11) is 1.72. The first-order valence-electron chi connectivity index (χ1n) is 7.07. The predicted molar refractivity (Wildman–Crippen MR) is 81.3 cm³/mol. The van der Waals surface area contributed by atoms with E-state index in [2.05, 4.69) is 34.4 Å². The molecule has 2 heterocycles. The number of rotatable bonds is 8. The molecule has 110 valence electrons. The fraction of sp³-hybridized carbons (Fsp3) is 0.571. The van der Waals surface area contributed by atoms with Gasteiger partial charge in [0.25, 0.3) is 0 Å². The van der Waals surface area contributed by atoms with Crippen molar-refractivity contribution in [3.8, 4) is 0 Å². The fourth-order valence-corrected chi connectivity index (χ4v) is 1.97. The Balaban J connectivity index is 2.18. The first kappa shape index (κ1) is 14.6. The van der Waals surface area contributed by atoms with Crippen LogP contribution in [0.15, 0.2) is 18.6 Å². The molecule has 0 saturated carbocycles. The first-order valence-corrected chi connectivity index (χ1v) is 7.07. The SMILES string of the molecule is CCCNc1cn2ccnc2c(NC(C)CCOC)n1. The Hall–Kier alpha value is -1.82. The summed E-state index contributed by atoms with van der Waals surface area (Å²) in [6.45, 7) is 5.89. The molecule has 0 amide bonds. The minimum Gasteiger partial charge on any atom is -0.385 e. The molecule has 0 aromatic carbocycles. The molecule has 6 heteroatoms. The maximum absolute atomic E-state index is 5.11. The monoisotopic (exact) mass is 277 g/mol. The van der Waals surface area contributed by atoms with Gasteiger partial charge in [0.2, 0.25) is 0 Å². The summed E-state index contributed by atoms with van der Waals surface area (Å²) in [5, 5.41) is 6.72. The molecule has 1 unspecified atom stereocenters. The smallest absolute Gasteiger partial charge is 0.180 e. The number of imidazole rings is 1. The van der Waals surface area contributed by atoms with Crippen molar-refractivity contribution in [3.05, 3.63) is 18.6 Å². The van der Waals surface area contributed by atoms with Crippen LogP contribution in [0.3, 0.4) is 0 Å². The van der Waals surface area contributed by atoms with E-state index in [1.54, 1.807) is 13.3 Å². The van der Waals surface area contributed by atoms with E-state index in [1.807, 2.05) is 16.8 Å². The lowest BCUT2D eigenvalue weighted by molar-refractivity contribution is 0.191. The van der Waals surface area contributed by atoms with Gasteiger partial charge in [0.1, 0.15) is 5.82 Å². The van der Waals surface area contributed by atoms with Crippen molar-refractivity contribution in [2.45, 2.75) is 32.7 Å². The van der Waals surface area contributed by atoms with Gasteiger partial charge in [-0.2, -0.15) is 0 Å². The maximum atomic E-state index is 5.11. The lowest BCUT2D eigenvalue weighted by atomic mass is 10.2. The van der Waals surface area contributed by atoms with Crippen LogP contribution < -0.4 is 10.6 Å². The van der Waals surface area contributed by atoms with E-state index in [9.17, 15) is 0 Å². The zero-order valence-corrected chi connectivity index (χ0v) is 12.4. The largest absolute Gasteiger partial charge is 0.385 e. The summed E-state index contributed by atoms with van der Waals surface area (Å²) >= 11 is 0. The summed E-state index contributed by atoms with van der Waals surface area (Å²) in [6, 6.07) is 0.282. The summed E-state index contributed by atoms with van der Waals surface area (Å²) in [5.41, 5.74) is 0.844. The van der Waals surface area contributed by atoms with Gasteiger partial charge in [0, 0.05) is 38.7 Å². The highest BCUT2D eigenvalue weighted by molar-refractivity contribution is 5.65. The Morgan fingerprint density at radius 1 is 1.45 bits per heavy atom. The molecular weight excluding hydrogens is 254 g/mol. The second kappa shape index (κ2) is 7.09. The molecule has 2 aromatic rings. The van der Waals surface area contributed by atoms with Gasteiger partial charge < -0.3 is 19.8 Å². The lowest BCUT2D eigenvalue weighted by Crippen LogP contribution is -2.19. The Morgan fingerprint density at radius 3 is 3.05 bits per heavy atom. The van der Waals surface area contributed by atoms with Crippen LogP contribution in [-0.2, 0) is 4.74 Å². The standard InChI is InChI=1S/C14H23N5O/c1-4-6-15-12-10-19-8-7-16-14(19)13(18-12)17-11(2)5-9-20-3/h7-8,10-11,15H,4-6,9H2,1-3H3,(H,17,18). The number of anilines is 2. The predicted octanol–water partition coefficient (Wildman–Crippen LogP) is 2.39. The van der Waals surface area contributed by atoms with Crippen LogP contribution >= 0.6 is 0 Å². The number of hydrogen-bond acceptors (Lipinski definition) is 5. The normalized spacial score (nSPS) is 12.6. The van der Waals surface area contributed by atoms with Gasteiger partial charge in [-0.05, 0) is 19.8 Å². The number of aromatic nitrogens is 3. The van der Waals surface area contributed by atoms with Gasteiger partial charge in [-0.3, -0.25) is 0 Å². The van der Waals surface area contributed by atoms with E-state index in [0.29, 0.717) is 0 Å². The average Bonchev–Trinajstić information content (AvgIpc) is 2.91. The molecule has 2 rings (SSSR count). The molecular formula is C14H23N5O. The van der Waals surface area contributed by atoms with Crippen molar-refractivity contribution in [1.29, 1.82) is 0 Å². The van der Waals surface area contributed by atoms with E-state index in [4.69, 9.17) is 4.74 Å². The Morgan fingerprint density at radius 2 is 2.30 bits per heavy atom. The summed E-state index contributed by atoms with van der Waals surface area (Å²) < 4.78 is 7.09. The highest BCUT2D eigenvalue weighted by Gasteiger charge is 2.10. The molecule has 6 nitrogen and oxygen atoms in total. The summed E-state index contributed by atoms with van der Waals surface area (Å²) in [6.07, 6.45) is 7.67. The van der Waals surface area contributed by atoms with E-state index < -0.39 is 0 Å². The van der Waals surface area contributed by atoms with Gasteiger partial charge in [-0.1, -0.05) is 6.92 Å². The van der Waals surface area contributed by atoms with Crippen molar-refractivity contribution < 1.29 is 4.74 Å². The van der Waals surface area contributed by atoms with Crippen LogP contribution in [0.2, 0.25) is 0 Å². The Labute approximate surface area is 119 Å². The van der Waals surface area contributed by atoms with Crippen LogP contribution in [-0.4, -0.2) is 40.7 Å². The lowest BCUT2D eigenvalue weighted by Gasteiger charge is -2.16. The average molecular weight is 277 g/mol. The molecule has 0 radical (unpaired) electrons. The molecule has 2 aromatic heterocycles. The number of nitrogens with zero attached hydrogens (tertiary/aromatic N) is 3. The highest BCUT2D eigenvalue weighted by atomic mass is 16.5. The number of ether oxygens (including phenoxy) is 1. The van der Waals surface area contributed by atoms with Crippen molar-refractivity contribution >= 4 is 17.3 Å². The molecule has 1 atom stereocenters. The third kappa shape index (κ3) is 3.60. The molecule has 0 aliphatic rings. The zero-order chi connectivity index (χ0) is 14.4. The number of fused-ring (bicyclic) bond motifs is 1. The van der Waals surface area contributed by atoms with Crippen LogP contribution in [0.25, 0.3) is 5.65 Å². The van der Waals surface area contributed by atoms with Gasteiger partial charge in [0.15, 0.2) is 11.5 Å². The zero-order valence-electron chi connectivity index (χ0n) is 12.4. The Bertz CT molecular complexity index is 539. The van der Waals surface area contributed by atoms with E-state index >= 15 is 0 Å². The highest BCUT2D eigenvalue weighted by Crippen LogP contribution is 2.17. The van der Waals surface area contributed by atoms with Crippen molar-refractivity contribution in [2.24, 2.45) is 0 Å². The fourth-order valence-electron chi connectivity index (χ4n) is 1.97. The molecule has 0 saturated heterocycles. The van der Waals surface area contributed by atoms with Crippen molar-refractivity contribution in [2.75, 3.05) is 30.9 Å². The summed E-state index contributed by atoms with van der Waals surface area (Å²) in [5.74, 6) is 1.67. The first-order chi connectivity index (χ1) is 9.74. The van der Waals surface area contributed by atoms with Crippen molar-refractivity contribution in [1.82, 2.24) is 14.4 Å². The molecule has 20 heavy (non-hydrogen) atoms. The summed E-state index contributed by atoms with van der Waals surface area (Å²) in [4.78, 5) is 8.96. The molecule has 0 spiro atoms. The number of methoxy groups -OCH3 is 1. The van der Waals surface area contributed by atoms with E-state index in [0.717, 1.165) is 43.3 Å². The second-order valence-electron chi connectivity index (χ2n) is 4.89. The van der Waals surface area contributed by atoms with Crippen LogP contribution in [0.4, 0.5) is 11.6 Å². The molecule has 2 N–H and O–H groups in total. The van der Waals surface area contributed by atoms with Gasteiger partial charge in [-0.15, -0.1) is 0 Å². The van der Waals surface area contributed by atoms with Gasteiger partial charge >= 0.3 is 0 Å². The van der Waals surface area contributed by atoms with Crippen LogP contribution in [0.1, 0.15) is 26.7 Å². The Kier molecular flexibility index (Phi) is 5.17. The minimum absolute atomic E-state index is 0.282. The van der Waals surface area contributed by atoms with E-state index in [1.165, 1.54) is 0 Å². The van der Waals surface area contributed by atoms with Crippen LogP contribution in [0.5, 0.6) is 0 Å². The van der Waals surface area contributed by atoms with Crippen molar-refractivity contribution in [3.63, 3.8) is 0 Å². The second-order valence-corrected chi connectivity index (χ2v) is 4.89. The maximum Gasteiger partial charge on any atom is 0.180 e. The molecule has 0 fully saturated rings. The number of hydrogen-bond donors (Lipinski definition) is 2. The van der Waals surface area contributed by atoms with E-state index in [-0.39, 0.29) is 6.04 Å². The molecule has 0 aliphatic heterocycles. The van der Waals surface area contributed by atoms with Gasteiger partial charge in [-0.25, -0.2) is 9.97 Å². The quantitative estimate of drug-likeness (QED) is 0.775. The topological polar surface area (TPSA) is 63.5 Å². The molecule has 0 bridgehead atoms. The third-order valence-electron chi connectivity index (χ3n) is 3.07. The minimum atomic E-state index is 0.282. The third-order valence-corrected chi connectivity index (χ3v) is 3.07.